The minimum Gasteiger partial charge on any atom is -0.493 e. The molecule has 0 N–H and O–H groups in total. The topological polar surface area (TPSA) is 122 Å². The number of allylic oxidation sites excluding steroid dienone is 1. The van der Waals surface area contributed by atoms with Gasteiger partial charge in [-0.3, -0.25) is 19.5 Å². The van der Waals surface area contributed by atoms with Crippen molar-refractivity contribution in [2.24, 2.45) is 4.99 Å². The van der Waals surface area contributed by atoms with E-state index in [0.717, 1.165) is 22.5 Å². The molecular formula is C36H29N3O7S. The molecule has 5 aromatic rings. The summed E-state index contributed by atoms with van der Waals surface area (Å²) in [6, 6.07) is 29.4. The summed E-state index contributed by atoms with van der Waals surface area (Å²) >= 11 is 1.13. The number of non-ortho nitro benzene ring substituents is 1. The summed E-state index contributed by atoms with van der Waals surface area (Å²) in [5.41, 5.74) is 2.97. The average molecular weight is 648 g/mol. The van der Waals surface area contributed by atoms with Gasteiger partial charge in [0.05, 0.1) is 33.9 Å². The second-order valence-electron chi connectivity index (χ2n) is 10.7. The van der Waals surface area contributed by atoms with E-state index in [2.05, 4.69) is 4.99 Å². The van der Waals surface area contributed by atoms with Gasteiger partial charge >= 0.3 is 5.97 Å². The minimum atomic E-state index is -0.904. The molecule has 10 nitrogen and oxygen atoms in total. The van der Waals surface area contributed by atoms with Crippen LogP contribution in [0.3, 0.4) is 0 Å². The van der Waals surface area contributed by atoms with Crippen molar-refractivity contribution in [2.45, 2.75) is 26.2 Å². The van der Waals surface area contributed by atoms with Crippen molar-refractivity contribution in [3.8, 4) is 11.5 Å². The Morgan fingerprint density at radius 2 is 1.64 bits per heavy atom. The van der Waals surface area contributed by atoms with Gasteiger partial charge in [-0.25, -0.2) is 9.79 Å². The molecule has 0 bridgehead atoms. The minimum absolute atomic E-state index is 0.0377. The van der Waals surface area contributed by atoms with Crippen LogP contribution in [0.1, 0.15) is 35.2 Å². The summed E-state index contributed by atoms with van der Waals surface area (Å²) in [6.45, 7) is 2.06. The molecule has 0 fully saturated rings. The maximum absolute atomic E-state index is 14.1. The number of nitro groups is 1. The SMILES string of the molecule is COc1cc(C2C(C(=O)OCc3ccccc3)=C(C)N=c3s/c(=C\c4cccc([N+](=O)[O-])c4)c(=O)n32)ccc1OCc1ccccc1. The molecule has 1 aliphatic rings. The fraction of sp³-hybridized carbons (Fsp3) is 0.139. The lowest BCUT2D eigenvalue weighted by atomic mass is 9.95. The van der Waals surface area contributed by atoms with Crippen LogP contribution in [-0.4, -0.2) is 22.6 Å². The Hall–Kier alpha value is -5.81. The predicted molar refractivity (Wildman–Crippen MR) is 177 cm³/mol. The van der Waals surface area contributed by atoms with E-state index < -0.39 is 22.5 Å². The van der Waals surface area contributed by atoms with Crippen molar-refractivity contribution in [3.63, 3.8) is 0 Å². The van der Waals surface area contributed by atoms with Gasteiger partial charge in [0.15, 0.2) is 16.3 Å². The monoisotopic (exact) mass is 647 g/mol. The van der Waals surface area contributed by atoms with Gasteiger partial charge in [-0.2, -0.15) is 0 Å². The summed E-state index contributed by atoms with van der Waals surface area (Å²) in [4.78, 5) is 43.7. The normalized spacial score (nSPS) is 14.3. The lowest BCUT2D eigenvalue weighted by molar-refractivity contribution is -0.384. The summed E-state index contributed by atoms with van der Waals surface area (Å²) in [7, 11) is 1.52. The van der Waals surface area contributed by atoms with Crippen LogP contribution in [0.25, 0.3) is 6.08 Å². The molecule has 6 rings (SSSR count). The number of ether oxygens (including phenoxy) is 3. The van der Waals surface area contributed by atoms with Crippen LogP contribution >= 0.6 is 11.3 Å². The number of nitrogens with zero attached hydrogens (tertiary/aromatic N) is 3. The third kappa shape index (κ3) is 6.75. The Morgan fingerprint density at radius 1 is 0.936 bits per heavy atom. The van der Waals surface area contributed by atoms with E-state index >= 15 is 0 Å². The smallest absolute Gasteiger partial charge is 0.338 e. The predicted octanol–water partition coefficient (Wildman–Crippen LogP) is 5.47. The molecule has 1 unspecified atom stereocenters. The van der Waals surface area contributed by atoms with Gasteiger partial charge in [-0.1, -0.05) is 90.2 Å². The maximum atomic E-state index is 14.1. The number of thiazole rings is 1. The lowest BCUT2D eigenvalue weighted by Gasteiger charge is -2.25. The van der Waals surface area contributed by atoms with E-state index in [9.17, 15) is 19.7 Å². The highest BCUT2D eigenvalue weighted by Crippen LogP contribution is 2.36. The summed E-state index contributed by atoms with van der Waals surface area (Å²) in [5.74, 6) is 0.298. The number of aromatic nitrogens is 1. The fourth-order valence-corrected chi connectivity index (χ4v) is 6.33. The van der Waals surface area contributed by atoms with Crippen molar-refractivity contribution in [1.29, 1.82) is 0 Å². The van der Waals surface area contributed by atoms with Crippen molar-refractivity contribution in [2.75, 3.05) is 7.11 Å². The first-order valence-corrected chi connectivity index (χ1v) is 15.5. The number of esters is 1. The molecule has 11 heteroatoms. The number of nitro benzene ring substituents is 1. The first-order valence-electron chi connectivity index (χ1n) is 14.6. The molecule has 0 aliphatic carbocycles. The Labute approximate surface area is 273 Å². The van der Waals surface area contributed by atoms with E-state index in [-0.39, 0.29) is 17.9 Å². The molecule has 47 heavy (non-hydrogen) atoms. The molecule has 0 saturated heterocycles. The summed E-state index contributed by atoms with van der Waals surface area (Å²) in [5, 5.41) is 11.3. The van der Waals surface area contributed by atoms with Crippen LogP contribution in [0.15, 0.2) is 124 Å². The second kappa shape index (κ2) is 13.7. The van der Waals surface area contributed by atoms with Gasteiger partial charge < -0.3 is 14.2 Å². The third-order valence-corrected chi connectivity index (χ3v) is 8.56. The molecule has 0 amide bonds. The zero-order chi connectivity index (χ0) is 32.9. The fourth-order valence-electron chi connectivity index (χ4n) is 5.29. The van der Waals surface area contributed by atoms with Crippen LogP contribution in [0.2, 0.25) is 0 Å². The van der Waals surface area contributed by atoms with Crippen molar-refractivity contribution in [1.82, 2.24) is 4.57 Å². The molecule has 1 atom stereocenters. The number of hydrogen-bond acceptors (Lipinski definition) is 9. The molecule has 0 saturated carbocycles. The largest absolute Gasteiger partial charge is 0.493 e. The van der Waals surface area contributed by atoms with Crippen LogP contribution in [0.5, 0.6) is 11.5 Å². The average Bonchev–Trinajstić information content (AvgIpc) is 3.40. The van der Waals surface area contributed by atoms with E-state index in [4.69, 9.17) is 14.2 Å². The third-order valence-electron chi connectivity index (χ3n) is 7.57. The zero-order valence-corrected chi connectivity index (χ0v) is 26.3. The van der Waals surface area contributed by atoms with Crippen molar-refractivity contribution < 1.29 is 23.9 Å². The van der Waals surface area contributed by atoms with Crippen LogP contribution in [0.4, 0.5) is 5.69 Å². The number of carbonyl (C=O) groups excluding carboxylic acids is 1. The molecule has 0 spiro atoms. The Bertz CT molecular complexity index is 2170. The number of methoxy groups -OCH3 is 1. The molecule has 0 radical (unpaired) electrons. The van der Waals surface area contributed by atoms with Gasteiger partial charge in [-0.05, 0) is 47.4 Å². The number of rotatable bonds is 10. The van der Waals surface area contributed by atoms with Crippen molar-refractivity contribution >= 4 is 29.1 Å². The highest BCUT2D eigenvalue weighted by atomic mass is 32.1. The Morgan fingerprint density at radius 3 is 2.32 bits per heavy atom. The zero-order valence-electron chi connectivity index (χ0n) is 25.5. The first-order chi connectivity index (χ1) is 22.8. The van der Waals surface area contributed by atoms with Crippen molar-refractivity contribution in [3.05, 3.63) is 166 Å². The highest BCUT2D eigenvalue weighted by molar-refractivity contribution is 7.07. The first kappa shape index (κ1) is 31.2. The lowest BCUT2D eigenvalue weighted by Crippen LogP contribution is -2.39. The second-order valence-corrected chi connectivity index (χ2v) is 11.7. The molecule has 2 heterocycles. The van der Waals surface area contributed by atoms with Crippen LogP contribution in [-0.2, 0) is 22.7 Å². The number of benzene rings is 4. The molecule has 1 aliphatic heterocycles. The summed E-state index contributed by atoms with van der Waals surface area (Å²) in [6.07, 6.45) is 1.59. The van der Waals surface area contributed by atoms with Crippen LogP contribution < -0.4 is 24.4 Å². The van der Waals surface area contributed by atoms with E-state index in [1.165, 1.54) is 23.8 Å². The number of carbonyl (C=O) groups is 1. The van der Waals surface area contributed by atoms with Crippen LogP contribution in [0, 0.1) is 10.1 Å². The van der Waals surface area contributed by atoms with Gasteiger partial charge in [0.25, 0.3) is 11.2 Å². The van der Waals surface area contributed by atoms with Gasteiger partial charge in [0, 0.05) is 12.1 Å². The number of hydrogen-bond donors (Lipinski definition) is 0. The standard InChI is InChI=1S/C36H29N3O7S/c1-23-32(35(41)46-22-25-12-7-4-8-13-25)33(27-16-17-29(30(20-27)44-2)45-21-24-10-5-3-6-11-24)38-34(40)31(47-36(38)37-23)19-26-14-9-15-28(18-26)39(42)43/h3-20,33H,21-22H2,1-2H3/b31-19-. The molecule has 4 aromatic carbocycles. The Balaban J connectivity index is 1.43. The quantitative estimate of drug-likeness (QED) is 0.112. The maximum Gasteiger partial charge on any atom is 0.338 e. The van der Waals surface area contributed by atoms with Gasteiger partial charge in [0.2, 0.25) is 0 Å². The van der Waals surface area contributed by atoms with E-state index in [1.807, 2.05) is 60.7 Å². The highest BCUT2D eigenvalue weighted by Gasteiger charge is 2.34. The van der Waals surface area contributed by atoms with E-state index in [1.54, 1.807) is 43.3 Å². The molecular weight excluding hydrogens is 618 g/mol. The molecule has 236 valence electrons. The number of fused-ring (bicyclic) bond motifs is 1. The Kier molecular flexibility index (Phi) is 9.07. The summed E-state index contributed by atoms with van der Waals surface area (Å²) < 4.78 is 19.3. The van der Waals surface area contributed by atoms with Gasteiger partial charge in [-0.15, -0.1) is 0 Å². The van der Waals surface area contributed by atoms with E-state index in [0.29, 0.717) is 44.3 Å². The molecule has 1 aromatic heterocycles. The van der Waals surface area contributed by atoms with Gasteiger partial charge in [0.1, 0.15) is 13.2 Å².